The lowest BCUT2D eigenvalue weighted by molar-refractivity contribution is 0.296. The molecule has 0 heterocycles. The van der Waals surface area contributed by atoms with Crippen molar-refractivity contribution in [1.29, 1.82) is 0 Å². The third-order valence-corrected chi connectivity index (χ3v) is 4.37. The molecular weight excluding hydrogens is 303 g/mol. The molecule has 1 aromatic carbocycles. The first-order valence-corrected chi connectivity index (χ1v) is 5.62. The third-order valence-electron chi connectivity index (χ3n) is 1.68. The zero-order chi connectivity index (χ0) is 9.84. The molecule has 0 saturated carbocycles. The maximum Gasteiger partial charge on any atom is 0.123 e. The molecule has 13 heavy (non-hydrogen) atoms. The average molecular weight is 312 g/mol. The van der Waals surface area contributed by atoms with Crippen molar-refractivity contribution in [3.05, 3.63) is 35.6 Å². The predicted molar refractivity (Wildman–Crippen MR) is 57.9 cm³/mol. The number of alkyl halides is 2. The fourth-order valence-electron chi connectivity index (χ4n) is 0.948. The number of benzene rings is 1. The van der Waals surface area contributed by atoms with Crippen LogP contribution < -0.4 is 0 Å². The van der Waals surface area contributed by atoms with Gasteiger partial charge in [0, 0.05) is 0 Å². The first kappa shape index (κ1) is 11.1. The molecule has 0 radical (unpaired) electrons. The van der Waals surface area contributed by atoms with E-state index in [0.717, 1.165) is 5.56 Å². The van der Waals surface area contributed by atoms with Crippen molar-refractivity contribution in [3.63, 3.8) is 0 Å². The maximum atomic E-state index is 12.6. The van der Waals surface area contributed by atoms with Gasteiger partial charge in [-0.15, -0.1) is 0 Å². The van der Waals surface area contributed by atoms with Crippen molar-refractivity contribution in [2.75, 3.05) is 6.61 Å². The Morgan fingerprint density at radius 1 is 1.23 bits per heavy atom. The molecular formula is C9H9Br2FO. The molecule has 0 spiro atoms. The minimum absolute atomic E-state index is 0.00176. The zero-order valence-electron chi connectivity index (χ0n) is 6.75. The molecule has 1 rings (SSSR count). The lowest BCUT2D eigenvalue weighted by atomic mass is 10.1. The molecule has 0 aliphatic heterocycles. The SMILES string of the molecule is OCC(Br)C(Br)c1ccc(F)cc1. The summed E-state index contributed by atoms with van der Waals surface area (Å²) in [6.07, 6.45) is 0. The molecule has 0 aromatic heterocycles. The quantitative estimate of drug-likeness (QED) is 0.851. The van der Waals surface area contributed by atoms with Crippen molar-refractivity contribution < 1.29 is 9.50 Å². The van der Waals surface area contributed by atoms with Gasteiger partial charge in [-0.25, -0.2) is 4.39 Å². The van der Waals surface area contributed by atoms with Crippen LogP contribution in [0.2, 0.25) is 0 Å². The monoisotopic (exact) mass is 310 g/mol. The van der Waals surface area contributed by atoms with Gasteiger partial charge in [-0.3, -0.25) is 0 Å². The fraction of sp³-hybridized carbons (Fsp3) is 0.333. The van der Waals surface area contributed by atoms with Crippen molar-refractivity contribution in [1.82, 2.24) is 0 Å². The highest BCUT2D eigenvalue weighted by molar-refractivity contribution is 9.12. The Morgan fingerprint density at radius 3 is 2.23 bits per heavy atom. The molecule has 0 saturated heterocycles. The highest BCUT2D eigenvalue weighted by Crippen LogP contribution is 2.30. The number of aliphatic hydroxyl groups excluding tert-OH is 1. The van der Waals surface area contributed by atoms with E-state index in [-0.39, 0.29) is 22.1 Å². The Morgan fingerprint density at radius 2 is 1.77 bits per heavy atom. The van der Waals surface area contributed by atoms with Gasteiger partial charge in [-0.05, 0) is 17.7 Å². The van der Waals surface area contributed by atoms with Gasteiger partial charge in [0.15, 0.2) is 0 Å². The van der Waals surface area contributed by atoms with Crippen LogP contribution >= 0.6 is 31.9 Å². The van der Waals surface area contributed by atoms with Crippen LogP contribution in [-0.2, 0) is 0 Å². The lowest BCUT2D eigenvalue weighted by Crippen LogP contribution is -2.10. The predicted octanol–water partition coefficient (Wildman–Crippen LogP) is 3.02. The van der Waals surface area contributed by atoms with E-state index in [2.05, 4.69) is 31.9 Å². The number of hydrogen-bond donors (Lipinski definition) is 1. The lowest BCUT2D eigenvalue weighted by Gasteiger charge is -2.14. The zero-order valence-corrected chi connectivity index (χ0v) is 9.92. The molecule has 0 aliphatic carbocycles. The van der Waals surface area contributed by atoms with Gasteiger partial charge in [-0.2, -0.15) is 0 Å². The molecule has 1 aromatic rings. The molecule has 2 atom stereocenters. The smallest absolute Gasteiger partial charge is 0.123 e. The van der Waals surface area contributed by atoms with Crippen LogP contribution in [0.4, 0.5) is 4.39 Å². The summed E-state index contributed by atoms with van der Waals surface area (Å²) < 4.78 is 12.6. The second-order valence-electron chi connectivity index (χ2n) is 2.65. The van der Waals surface area contributed by atoms with Crippen LogP contribution in [0.25, 0.3) is 0 Å². The Hall–Kier alpha value is 0.0700. The maximum absolute atomic E-state index is 12.6. The van der Waals surface area contributed by atoms with E-state index in [4.69, 9.17) is 5.11 Å². The first-order valence-electron chi connectivity index (χ1n) is 3.79. The summed E-state index contributed by atoms with van der Waals surface area (Å²) in [4.78, 5) is -0.0592. The molecule has 1 nitrogen and oxygen atoms in total. The van der Waals surface area contributed by atoms with Crippen LogP contribution in [0.3, 0.4) is 0 Å². The molecule has 72 valence electrons. The van der Waals surface area contributed by atoms with Gasteiger partial charge in [-0.1, -0.05) is 44.0 Å². The Bertz CT molecular complexity index is 263. The summed E-state index contributed by atoms with van der Waals surface area (Å²) in [5.41, 5.74) is 0.942. The van der Waals surface area contributed by atoms with E-state index in [0.29, 0.717) is 0 Å². The number of aliphatic hydroxyl groups is 1. The van der Waals surface area contributed by atoms with Gasteiger partial charge < -0.3 is 5.11 Å². The van der Waals surface area contributed by atoms with E-state index in [1.54, 1.807) is 12.1 Å². The topological polar surface area (TPSA) is 20.2 Å². The summed E-state index contributed by atoms with van der Waals surface area (Å²) >= 11 is 6.71. The Balaban J connectivity index is 2.77. The summed E-state index contributed by atoms with van der Waals surface area (Å²) in [6.45, 7) is 0.0350. The molecule has 0 aliphatic rings. The standard InChI is InChI=1S/C9H9Br2FO/c10-8(5-13)9(11)6-1-3-7(12)4-2-6/h1-4,8-9,13H,5H2. The van der Waals surface area contributed by atoms with E-state index in [1.807, 2.05) is 0 Å². The molecule has 0 amide bonds. The molecule has 2 unspecified atom stereocenters. The second-order valence-corrected chi connectivity index (χ2v) is 4.81. The summed E-state index contributed by atoms with van der Waals surface area (Å²) in [7, 11) is 0. The van der Waals surface area contributed by atoms with E-state index in [1.165, 1.54) is 12.1 Å². The van der Waals surface area contributed by atoms with Crippen LogP contribution in [0.15, 0.2) is 24.3 Å². The molecule has 0 fully saturated rings. The van der Waals surface area contributed by atoms with Crippen molar-refractivity contribution in [2.45, 2.75) is 9.65 Å². The number of rotatable bonds is 3. The average Bonchev–Trinajstić information content (AvgIpc) is 2.17. The second kappa shape index (κ2) is 5.08. The third kappa shape index (κ3) is 3.04. The van der Waals surface area contributed by atoms with E-state index < -0.39 is 0 Å². The number of hydrogen-bond acceptors (Lipinski definition) is 1. The molecule has 4 heteroatoms. The van der Waals surface area contributed by atoms with Crippen molar-refractivity contribution in [3.8, 4) is 0 Å². The number of halogens is 3. The Labute approximate surface area is 93.2 Å². The summed E-state index contributed by atoms with van der Waals surface area (Å²) in [5, 5.41) is 8.87. The van der Waals surface area contributed by atoms with Crippen LogP contribution in [0, 0.1) is 5.82 Å². The normalized spacial score (nSPS) is 15.4. The first-order chi connectivity index (χ1) is 6.15. The van der Waals surface area contributed by atoms with Crippen molar-refractivity contribution >= 4 is 31.9 Å². The van der Waals surface area contributed by atoms with Crippen molar-refractivity contribution in [2.24, 2.45) is 0 Å². The Kier molecular flexibility index (Phi) is 4.35. The molecule has 0 bridgehead atoms. The highest BCUT2D eigenvalue weighted by atomic mass is 79.9. The highest BCUT2D eigenvalue weighted by Gasteiger charge is 2.16. The summed E-state index contributed by atoms with van der Waals surface area (Å²) in [5.74, 6) is -0.251. The van der Waals surface area contributed by atoms with Crippen LogP contribution in [0.1, 0.15) is 10.4 Å². The van der Waals surface area contributed by atoms with Gasteiger partial charge >= 0.3 is 0 Å². The van der Waals surface area contributed by atoms with E-state index in [9.17, 15) is 4.39 Å². The van der Waals surface area contributed by atoms with Gasteiger partial charge in [0.05, 0.1) is 16.3 Å². The van der Waals surface area contributed by atoms with E-state index >= 15 is 0 Å². The fourth-order valence-corrected chi connectivity index (χ4v) is 1.73. The minimum Gasteiger partial charge on any atom is -0.395 e. The van der Waals surface area contributed by atoms with Gasteiger partial charge in [0.1, 0.15) is 5.82 Å². The molecule has 1 N–H and O–H groups in total. The largest absolute Gasteiger partial charge is 0.395 e. The van der Waals surface area contributed by atoms with Crippen LogP contribution in [0.5, 0.6) is 0 Å². The van der Waals surface area contributed by atoms with Gasteiger partial charge in [0.2, 0.25) is 0 Å². The van der Waals surface area contributed by atoms with Crippen LogP contribution in [-0.4, -0.2) is 16.5 Å². The van der Waals surface area contributed by atoms with Gasteiger partial charge in [0.25, 0.3) is 0 Å². The summed E-state index contributed by atoms with van der Waals surface area (Å²) in [6, 6.07) is 6.19. The minimum atomic E-state index is -0.251.